The van der Waals surface area contributed by atoms with Crippen LogP contribution in [0.1, 0.15) is 46.0 Å². The molecule has 0 aliphatic rings. The van der Waals surface area contributed by atoms with E-state index in [1.54, 1.807) is 0 Å². The molecular weight excluding hydrogens is 120 g/mol. The molecule has 0 heterocycles. The van der Waals surface area contributed by atoms with Crippen LogP contribution >= 0.6 is 0 Å². The van der Waals surface area contributed by atoms with Crippen LogP contribution in [0.2, 0.25) is 0 Å². The standard InChI is InChI=1S/C10H19/c1-3-5-7-9-10-8-6-4-2/h3,8,10H,4-7,9H2,1-2H3. The van der Waals surface area contributed by atoms with Gasteiger partial charge in [-0.3, -0.25) is 0 Å². The third kappa shape index (κ3) is 7.74. The van der Waals surface area contributed by atoms with Gasteiger partial charge in [0.2, 0.25) is 0 Å². The van der Waals surface area contributed by atoms with Crippen LogP contribution in [0.15, 0.2) is 12.2 Å². The SMILES string of the molecule is C[CH]CCCC=CCCC. The monoisotopic (exact) mass is 139 g/mol. The third-order valence-corrected chi connectivity index (χ3v) is 1.49. The predicted molar refractivity (Wildman–Crippen MR) is 47.9 cm³/mol. The molecule has 0 bridgehead atoms. The summed E-state index contributed by atoms with van der Waals surface area (Å²) in [4.78, 5) is 0. The predicted octanol–water partition coefficient (Wildman–Crippen LogP) is 3.74. The Morgan fingerprint density at radius 2 is 1.70 bits per heavy atom. The van der Waals surface area contributed by atoms with Crippen molar-refractivity contribution < 1.29 is 0 Å². The van der Waals surface area contributed by atoms with E-state index in [-0.39, 0.29) is 0 Å². The summed E-state index contributed by atoms with van der Waals surface area (Å²) in [6.45, 7) is 4.33. The highest BCUT2D eigenvalue weighted by molar-refractivity contribution is 4.81. The van der Waals surface area contributed by atoms with E-state index in [0.717, 1.165) is 0 Å². The van der Waals surface area contributed by atoms with Gasteiger partial charge >= 0.3 is 0 Å². The van der Waals surface area contributed by atoms with Crippen molar-refractivity contribution >= 4 is 0 Å². The first-order valence-corrected chi connectivity index (χ1v) is 4.34. The third-order valence-electron chi connectivity index (χ3n) is 1.49. The molecule has 10 heavy (non-hydrogen) atoms. The average molecular weight is 139 g/mol. The lowest BCUT2D eigenvalue weighted by Gasteiger charge is -1.90. The summed E-state index contributed by atoms with van der Waals surface area (Å²) >= 11 is 0. The lowest BCUT2D eigenvalue weighted by molar-refractivity contribution is 0.823. The maximum Gasteiger partial charge on any atom is -0.0351 e. The van der Waals surface area contributed by atoms with E-state index in [1.165, 1.54) is 32.1 Å². The minimum atomic E-state index is 1.25. The van der Waals surface area contributed by atoms with Crippen LogP contribution in [-0.4, -0.2) is 0 Å². The Hall–Kier alpha value is -0.260. The maximum absolute atomic E-state index is 2.30. The van der Waals surface area contributed by atoms with Gasteiger partial charge in [0.05, 0.1) is 0 Å². The Morgan fingerprint density at radius 3 is 2.30 bits per heavy atom. The van der Waals surface area contributed by atoms with Crippen molar-refractivity contribution in [3.63, 3.8) is 0 Å². The molecule has 0 atom stereocenters. The van der Waals surface area contributed by atoms with Gasteiger partial charge in [-0.05, 0) is 25.7 Å². The molecule has 0 aromatic rings. The summed E-state index contributed by atoms with van der Waals surface area (Å²) < 4.78 is 0. The topological polar surface area (TPSA) is 0 Å². The van der Waals surface area contributed by atoms with Crippen molar-refractivity contribution in [2.75, 3.05) is 0 Å². The number of rotatable bonds is 6. The van der Waals surface area contributed by atoms with Crippen molar-refractivity contribution in [3.05, 3.63) is 18.6 Å². The molecular formula is C10H19. The molecule has 59 valence electrons. The zero-order chi connectivity index (χ0) is 7.66. The summed E-state index contributed by atoms with van der Waals surface area (Å²) in [7, 11) is 0. The molecule has 0 amide bonds. The summed E-state index contributed by atoms with van der Waals surface area (Å²) in [6.07, 6.45) is 13.2. The summed E-state index contributed by atoms with van der Waals surface area (Å²) in [5, 5.41) is 0. The maximum atomic E-state index is 2.30. The fourth-order valence-electron chi connectivity index (χ4n) is 0.842. The second-order valence-electron chi connectivity index (χ2n) is 2.60. The van der Waals surface area contributed by atoms with E-state index in [0.29, 0.717) is 0 Å². The van der Waals surface area contributed by atoms with E-state index < -0.39 is 0 Å². The smallest absolute Gasteiger partial charge is 0.0351 e. The van der Waals surface area contributed by atoms with Crippen LogP contribution in [0.25, 0.3) is 0 Å². The van der Waals surface area contributed by atoms with Crippen molar-refractivity contribution in [1.82, 2.24) is 0 Å². The quantitative estimate of drug-likeness (QED) is 0.388. The molecule has 0 nitrogen and oxygen atoms in total. The minimum absolute atomic E-state index is 1.25. The molecule has 0 aliphatic heterocycles. The largest absolute Gasteiger partial charge is 0.0885 e. The van der Waals surface area contributed by atoms with Gasteiger partial charge in [0, 0.05) is 0 Å². The molecule has 1 radical (unpaired) electrons. The van der Waals surface area contributed by atoms with Crippen molar-refractivity contribution in [3.8, 4) is 0 Å². The molecule has 0 rings (SSSR count). The van der Waals surface area contributed by atoms with E-state index in [4.69, 9.17) is 0 Å². The number of allylic oxidation sites excluding steroid dienone is 2. The van der Waals surface area contributed by atoms with Crippen LogP contribution in [0.4, 0.5) is 0 Å². The van der Waals surface area contributed by atoms with Crippen molar-refractivity contribution in [1.29, 1.82) is 0 Å². The Morgan fingerprint density at radius 1 is 1.00 bits per heavy atom. The van der Waals surface area contributed by atoms with Crippen LogP contribution in [0.3, 0.4) is 0 Å². The molecule has 0 aromatic heterocycles. The number of hydrogen-bond donors (Lipinski definition) is 0. The zero-order valence-electron chi connectivity index (χ0n) is 7.27. The van der Waals surface area contributed by atoms with Gasteiger partial charge in [0.25, 0.3) is 0 Å². The van der Waals surface area contributed by atoms with Gasteiger partial charge in [-0.15, -0.1) is 0 Å². The molecule has 0 saturated carbocycles. The molecule has 0 fully saturated rings. The Balaban J connectivity index is 2.88. The van der Waals surface area contributed by atoms with Crippen LogP contribution in [0.5, 0.6) is 0 Å². The van der Waals surface area contributed by atoms with Gasteiger partial charge in [-0.25, -0.2) is 0 Å². The van der Waals surface area contributed by atoms with Gasteiger partial charge in [-0.1, -0.05) is 38.8 Å². The number of unbranched alkanes of at least 4 members (excludes halogenated alkanes) is 4. The van der Waals surface area contributed by atoms with E-state index in [9.17, 15) is 0 Å². The summed E-state index contributed by atoms with van der Waals surface area (Å²) in [5.41, 5.74) is 0. The van der Waals surface area contributed by atoms with Crippen molar-refractivity contribution in [2.24, 2.45) is 0 Å². The molecule has 0 aliphatic carbocycles. The molecule has 0 unspecified atom stereocenters. The van der Waals surface area contributed by atoms with Crippen molar-refractivity contribution in [2.45, 2.75) is 46.0 Å². The average Bonchev–Trinajstić information content (AvgIpc) is 1.97. The van der Waals surface area contributed by atoms with E-state index >= 15 is 0 Å². The van der Waals surface area contributed by atoms with Gasteiger partial charge in [0.15, 0.2) is 0 Å². The minimum Gasteiger partial charge on any atom is -0.0885 e. The highest BCUT2D eigenvalue weighted by atomic mass is 13.9. The summed E-state index contributed by atoms with van der Waals surface area (Å²) in [6, 6.07) is 0. The Kier molecular flexibility index (Phi) is 8.51. The first-order valence-electron chi connectivity index (χ1n) is 4.34. The number of hydrogen-bond acceptors (Lipinski definition) is 0. The fraction of sp³-hybridized carbons (Fsp3) is 0.700. The fourth-order valence-corrected chi connectivity index (χ4v) is 0.842. The molecule has 0 saturated heterocycles. The van der Waals surface area contributed by atoms with Crippen LogP contribution in [0, 0.1) is 6.42 Å². The Labute approximate surface area is 65.3 Å². The lowest BCUT2D eigenvalue weighted by Crippen LogP contribution is -1.71. The lowest BCUT2D eigenvalue weighted by atomic mass is 10.2. The highest BCUT2D eigenvalue weighted by Gasteiger charge is 1.80. The first-order chi connectivity index (χ1) is 4.91. The molecule has 0 N–H and O–H groups in total. The summed E-state index contributed by atoms with van der Waals surface area (Å²) in [5.74, 6) is 0. The van der Waals surface area contributed by atoms with Gasteiger partial charge < -0.3 is 0 Å². The van der Waals surface area contributed by atoms with E-state index in [2.05, 4.69) is 32.4 Å². The van der Waals surface area contributed by atoms with E-state index in [1.807, 2.05) is 0 Å². The van der Waals surface area contributed by atoms with Gasteiger partial charge in [-0.2, -0.15) is 0 Å². The second-order valence-corrected chi connectivity index (χ2v) is 2.60. The molecule has 0 spiro atoms. The molecule has 0 heteroatoms. The molecule has 0 aromatic carbocycles. The normalized spacial score (nSPS) is 11.0. The Bertz CT molecular complexity index is 72.1. The second kappa shape index (κ2) is 8.74. The zero-order valence-corrected chi connectivity index (χ0v) is 7.27. The first kappa shape index (κ1) is 9.74. The highest BCUT2D eigenvalue weighted by Crippen LogP contribution is 1.99. The van der Waals surface area contributed by atoms with Crippen LogP contribution < -0.4 is 0 Å². The van der Waals surface area contributed by atoms with Gasteiger partial charge in [0.1, 0.15) is 0 Å². The van der Waals surface area contributed by atoms with Crippen LogP contribution in [-0.2, 0) is 0 Å².